The van der Waals surface area contributed by atoms with Crippen LogP contribution in [-0.4, -0.2) is 67.7 Å². The second kappa shape index (κ2) is 11.2. The van der Waals surface area contributed by atoms with Gasteiger partial charge in [-0.1, -0.05) is 12.1 Å². The number of para-hydroxylation sites is 1. The van der Waals surface area contributed by atoms with Gasteiger partial charge in [0.2, 0.25) is 5.91 Å². The molecule has 0 saturated carbocycles. The van der Waals surface area contributed by atoms with Crippen LogP contribution in [0, 0.1) is 17.0 Å². The number of aliphatic carboxylic acids is 1. The fourth-order valence-corrected chi connectivity index (χ4v) is 3.13. The van der Waals surface area contributed by atoms with Gasteiger partial charge in [0.15, 0.2) is 0 Å². The zero-order valence-electron chi connectivity index (χ0n) is 19.8. The van der Waals surface area contributed by atoms with Crippen LogP contribution in [0.25, 0.3) is 11.3 Å². The number of carbonyl (C=O) groups excluding carboxylic acids is 2. The first-order chi connectivity index (χ1) is 16.3. The fraction of sp³-hybridized carbons (Fsp3) is 0.409. The Labute approximate surface area is 200 Å². The summed E-state index contributed by atoms with van der Waals surface area (Å²) in [5.74, 6) is -1.97. The van der Waals surface area contributed by atoms with Crippen LogP contribution in [0.3, 0.4) is 0 Å². The van der Waals surface area contributed by atoms with E-state index in [-0.39, 0.29) is 30.0 Å². The molecule has 2 aromatic rings. The van der Waals surface area contributed by atoms with Crippen LogP contribution in [-0.2, 0) is 20.9 Å². The zero-order valence-corrected chi connectivity index (χ0v) is 19.8. The van der Waals surface area contributed by atoms with Crippen molar-refractivity contribution in [1.82, 2.24) is 19.8 Å². The Bertz CT molecular complexity index is 1190. The lowest BCUT2D eigenvalue weighted by atomic mass is 10.1. The van der Waals surface area contributed by atoms with Gasteiger partial charge in [-0.05, 0) is 39.3 Å². The van der Waals surface area contributed by atoms with E-state index in [1.54, 1.807) is 33.8 Å². The van der Waals surface area contributed by atoms with Gasteiger partial charge in [0.05, 0.1) is 16.2 Å². The molecule has 35 heavy (non-hydrogen) atoms. The summed E-state index contributed by atoms with van der Waals surface area (Å²) in [4.78, 5) is 64.0. The number of ether oxygens (including phenoxy) is 1. The van der Waals surface area contributed by atoms with Crippen LogP contribution in [0.15, 0.2) is 35.3 Å². The molecule has 0 fully saturated rings. The first-order valence-corrected chi connectivity index (χ1v) is 10.6. The lowest BCUT2D eigenvalue weighted by Crippen LogP contribution is -2.44. The average molecular weight is 489 g/mol. The molecule has 0 radical (unpaired) electrons. The number of rotatable bonds is 9. The van der Waals surface area contributed by atoms with E-state index in [4.69, 9.17) is 9.84 Å². The van der Waals surface area contributed by atoms with Crippen molar-refractivity contribution in [2.24, 2.45) is 0 Å². The maximum Gasteiger partial charge on any atom is 0.407 e. The molecule has 0 bridgehead atoms. The summed E-state index contributed by atoms with van der Waals surface area (Å²) >= 11 is 0. The van der Waals surface area contributed by atoms with Crippen molar-refractivity contribution >= 4 is 23.7 Å². The number of hydrogen-bond acceptors (Lipinski definition) is 8. The van der Waals surface area contributed by atoms with Crippen molar-refractivity contribution < 1.29 is 29.2 Å². The van der Waals surface area contributed by atoms with Gasteiger partial charge in [0.1, 0.15) is 18.7 Å². The van der Waals surface area contributed by atoms with E-state index in [2.05, 4.69) is 10.3 Å². The first kappa shape index (κ1) is 27.0. The molecule has 1 heterocycles. The minimum absolute atomic E-state index is 0.0727. The largest absolute Gasteiger partial charge is 0.480 e. The quantitative estimate of drug-likeness (QED) is 0.391. The van der Waals surface area contributed by atoms with Crippen LogP contribution in [0.4, 0.5) is 10.5 Å². The van der Waals surface area contributed by atoms with Crippen LogP contribution >= 0.6 is 0 Å². The smallest absolute Gasteiger partial charge is 0.407 e. The minimum atomic E-state index is -1.27. The lowest BCUT2D eigenvalue weighted by molar-refractivity contribution is -0.384. The Hall–Kier alpha value is -4.29. The summed E-state index contributed by atoms with van der Waals surface area (Å²) in [5, 5.41) is 22.9. The van der Waals surface area contributed by atoms with E-state index >= 15 is 0 Å². The molecule has 0 saturated heterocycles. The predicted octanol–water partition coefficient (Wildman–Crippen LogP) is 1.56. The second-order valence-corrected chi connectivity index (χ2v) is 8.59. The standard InChI is InChI=1S/C22H27N5O8/c1-14-11-26(20(31)24-19(14)15-7-5-6-8-16(15)27(33)34)12-17(28)25(13-18(29)30)10-9-23-21(32)35-22(2,3)4/h5-8,11H,9-10,12-13H2,1-4H3,(H,23,32)(H,29,30). The molecule has 0 spiro atoms. The molecule has 2 amide bonds. The molecular formula is C22H27N5O8. The second-order valence-electron chi connectivity index (χ2n) is 8.59. The van der Waals surface area contributed by atoms with Crippen LogP contribution in [0.2, 0.25) is 0 Å². The molecular weight excluding hydrogens is 462 g/mol. The van der Waals surface area contributed by atoms with Gasteiger partial charge in [-0.2, -0.15) is 4.98 Å². The fourth-order valence-electron chi connectivity index (χ4n) is 3.13. The van der Waals surface area contributed by atoms with Gasteiger partial charge in [0, 0.05) is 25.4 Å². The molecule has 0 aliphatic rings. The Morgan fingerprint density at radius 1 is 1.26 bits per heavy atom. The first-order valence-electron chi connectivity index (χ1n) is 10.6. The van der Waals surface area contributed by atoms with Crippen LogP contribution < -0.4 is 11.0 Å². The minimum Gasteiger partial charge on any atom is -0.480 e. The molecule has 1 aromatic heterocycles. The molecule has 1 aromatic carbocycles. The number of aryl methyl sites for hydroxylation is 1. The van der Waals surface area contributed by atoms with Crippen molar-refractivity contribution in [2.45, 2.75) is 39.8 Å². The van der Waals surface area contributed by atoms with Crippen molar-refractivity contribution in [3.63, 3.8) is 0 Å². The maximum atomic E-state index is 12.8. The number of benzene rings is 1. The summed E-state index contributed by atoms with van der Waals surface area (Å²) in [5.41, 5.74) is -1.11. The molecule has 2 rings (SSSR count). The van der Waals surface area contributed by atoms with Crippen molar-refractivity contribution in [3.05, 3.63) is 56.6 Å². The Kier molecular flexibility index (Phi) is 8.65. The summed E-state index contributed by atoms with van der Waals surface area (Å²) in [6.07, 6.45) is 0.610. The summed E-state index contributed by atoms with van der Waals surface area (Å²) in [6.45, 7) is 5.26. The highest BCUT2D eigenvalue weighted by atomic mass is 16.6. The molecule has 0 atom stereocenters. The number of carboxylic acid groups (broad SMARTS) is 1. The SMILES string of the molecule is Cc1cn(CC(=O)N(CCNC(=O)OC(C)(C)C)CC(=O)O)c(=O)nc1-c1ccccc1[N+](=O)[O-]. The number of nitrogens with one attached hydrogen (secondary N) is 1. The van der Waals surface area contributed by atoms with Crippen molar-refractivity contribution in [2.75, 3.05) is 19.6 Å². The zero-order chi connectivity index (χ0) is 26.3. The van der Waals surface area contributed by atoms with E-state index in [1.165, 1.54) is 24.4 Å². The number of hydrogen-bond donors (Lipinski definition) is 2. The normalized spacial score (nSPS) is 11.0. The van der Waals surface area contributed by atoms with Crippen LogP contribution in [0.1, 0.15) is 26.3 Å². The predicted molar refractivity (Wildman–Crippen MR) is 124 cm³/mol. The molecule has 13 heteroatoms. The van der Waals surface area contributed by atoms with Crippen molar-refractivity contribution in [3.8, 4) is 11.3 Å². The number of carboxylic acids is 1. The summed E-state index contributed by atoms with van der Waals surface area (Å²) in [6, 6.07) is 5.83. The van der Waals surface area contributed by atoms with Gasteiger partial charge in [-0.15, -0.1) is 0 Å². The summed E-state index contributed by atoms with van der Waals surface area (Å²) < 4.78 is 6.08. The van der Waals surface area contributed by atoms with Crippen molar-refractivity contribution in [1.29, 1.82) is 0 Å². The number of nitro benzene ring substituents is 1. The molecule has 13 nitrogen and oxygen atoms in total. The average Bonchev–Trinajstić information content (AvgIpc) is 2.73. The van der Waals surface area contributed by atoms with E-state index < -0.39 is 47.3 Å². The van der Waals surface area contributed by atoms with Gasteiger partial charge >= 0.3 is 17.8 Å². The highest BCUT2D eigenvalue weighted by molar-refractivity contribution is 5.81. The molecule has 0 aliphatic heterocycles. The lowest BCUT2D eigenvalue weighted by Gasteiger charge is -2.23. The van der Waals surface area contributed by atoms with Gasteiger partial charge in [-0.3, -0.25) is 24.3 Å². The number of alkyl carbamates (subject to hydrolysis) is 1. The topological polar surface area (TPSA) is 174 Å². The number of amides is 2. The monoisotopic (exact) mass is 489 g/mol. The Morgan fingerprint density at radius 2 is 1.91 bits per heavy atom. The number of carbonyl (C=O) groups is 3. The third-order valence-electron chi connectivity index (χ3n) is 4.57. The number of nitrogens with zero attached hydrogens (tertiary/aromatic N) is 4. The third-order valence-corrected chi connectivity index (χ3v) is 4.57. The summed E-state index contributed by atoms with van der Waals surface area (Å²) in [7, 11) is 0. The van der Waals surface area contributed by atoms with E-state index in [1.807, 2.05) is 0 Å². The molecule has 0 aliphatic carbocycles. The molecule has 0 unspecified atom stereocenters. The highest BCUT2D eigenvalue weighted by Gasteiger charge is 2.22. The molecule has 188 valence electrons. The van der Waals surface area contributed by atoms with E-state index in [9.17, 15) is 29.3 Å². The van der Waals surface area contributed by atoms with Gasteiger partial charge in [-0.25, -0.2) is 9.59 Å². The van der Waals surface area contributed by atoms with E-state index in [0.29, 0.717) is 5.56 Å². The Morgan fingerprint density at radius 3 is 2.51 bits per heavy atom. The van der Waals surface area contributed by atoms with E-state index in [0.717, 1.165) is 9.47 Å². The third kappa shape index (κ3) is 7.91. The molecule has 2 N–H and O–H groups in total. The van der Waals surface area contributed by atoms with Gasteiger partial charge in [0.25, 0.3) is 5.69 Å². The highest BCUT2D eigenvalue weighted by Crippen LogP contribution is 2.29. The van der Waals surface area contributed by atoms with Gasteiger partial charge < -0.3 is 20.1 Å². The number of nitro groups is 1. The Balaban J connectivity index is 2.19. The van der Waals surface area contributed by atoms with Crippen LogP contribution in [0.5, 0.6) is 0 Å². The number of aromatic nitrogens is 2. The maximum absolute atomic E-state index is 12.8.